The lowest BCUT2D eigenvalue weighted by molar-refractivity contribution is 0.102. The number of carbonyl (C=O) groups excluding carboxylic acids is 1. The predicted molar refractivity (Wildman–Crippen MR) is 105 cm³/mol. The van der Waals surface area contributed by atoms with Crippen LogP contribution in [0.15, 0.2) is 34.3 Å². The van der Waals surface area contributed by atoms with Gasteiger partial charge in [-0.25, -0.2) is 4.98 Å². The van der Waals surface area contributed by atoms with Gasteiger partial charge in [-0.2, -0.15) is 11.3 Å². The van der Waals surface area contributed by atoms with E-state index in [2.05, 4.69) is 10.3 Å². The summed E-state index contributed by atoms with van der Waals surface area (Å²) in [6.07, 6.45) is 0.983. The standard InChI is InChI=1S/C19H18N2O3S2/c1-3-23-17-7-13-6-11(2)24-16(13)8-14(17)20-18(22)15-10-26-19(21-15)12-4-5-25-9-12/h4-5,7-11H,3,6H2,1-2H3,(H,20,22). The number of thiazole rings is 1. The monoisotopic (exact) mass is 386 g/mol. The molecule has 0 spiro atoms. The van der Waals surface area contributed by atoms with Gasteiger partial charge < -0.3 is 14.8 Å². The SMILES string of the molecule is CCOc1cc2c(cc1NC(=O)c1csc(-c3ccsc3)n1)OC(C)C2. The minimum Gasteiger partial charge on any atom is -0.492 e. The number of hydrogen-bond donors (Lipinski definition) is 1. The van der Waals surface area contributed by atoms with Gasteiger partial charge in [-0.05, 0) is 31.4 Å². The quantitative estimate of drug-likeness (QED) is 0.681. The molecule has 134 valence electrons. The van der Waals surface area contributed by atoms with Crippen molar-refractivity contribution in [2.45, 2.75) is 26.4 Å². The van der Waals surface area contributed by atoms with Gasteiger partial charge in [0.2, 0.25) is 0 Å². The van der Waals surface area contributed by atoms with E-state index in [1.54, 1.807) is 16.7 Å². The van der Waals surface area contributed by atoms with Crippen molar-refractivity contribution < 1.29 is 14.3 Å². The van der Waals surface area contributed by atoms with Gasteiger partial charge >= 0.3 is 0 Å². The van der Waals surface area contributed by atoms with Crippen LogP contribution < -0.4 is 14.8 Å². The van der Waals surface area contributed by atoms with Crippen molar-refractivity contribution in [3.05, 3.63) is 45.6 Å². The second kappa shape index (κ2) is 7.09. The molecule has 0 fully saturated rings. The number of nitrogens with one attached hydrogen (secondary N) is 1. The van der Waals surface area contributed by atoms with Crippen molar-refractivity contribution in [1.82, 2.24) is 4.98 Å². The number of carbonyl (C=O) groups is 1. The van der Waals surface area contributed by atoms with Crippen LogP contribution >= 0.6 is 22.7 Å². The number of benzene rings is 1. The zero-order valence-electron chi connectivity index (χ0n) is 14.4. The number of amides is 1. The first-order chi connectivity index (χ1) is 12.6. The Bertz CT molecular complexity index is 934. The molecule has 1 aliphatic heterocycles. The van der Waals surface area contributed by atoms with Crippen LogP contribution in [0.3, 0.4) is 0 Å². The molecule has 5 nitrogen and oxygen atoms in total. The second-order valence-corrected chi connectivity index (χ2v) is 7.66. The average Bonchev–Trinajstić information content (AvgIpc) is 3.34. The topological polar surface area (TPSA) is 60.5 Å². The molecule has 26 heavy (non-hydrogen) atoms. The molecule has 0 radical (unpaired) electrons. The smallest absolute Gasteiger partial charge is 0.275 e. The number of rotatable bonds is 5. The highest BCUT2D eigenvalue weighted by Gasteiger charge is 2.23. The summed E-state index contributed by atoms with van der Waals surface area (Å²) in [6, 6.07) is 5.79. The first kappa shape index (κ1) is 17.1. The Balaban J connectivity index is 1.58. The van der Waals surface area contributed by atoms with E-state index in [1.165, 1.54) is 11.3 Å². The predicted octanol–water partition coefficient (Wildman–Crippen LogP) is 4.85. The highest BCUT2D eigenvalue weighted by atomic mass is 32.1. The van der Waals surface area contributed by atoms with Crippen LogP contribution in [0, 0.1) is 0 Å². The van der Waals surface area contributed by atoms with Gasteiger partial charge in [0.25, 0.3) is 5.91 Å². The van der Waals surface area contributed by atoms with Crippen molar-refractivity contribution in [3.63, 3.8) is 0 Å². The summed E-state index contributed by atoms with van der Waals surface area (Å²) in [5.74, 6) is 1.20. The van der Waals surface area contributed by atoms with E-state index >= 15 is 0 Å². The minimum absolute atomic E-state index is 0.136. The molecule has 1 unspecified atom stereocenters. The maximum absolute atomic E-state index is 12.7. The summed E-state index contributed by atoms with van der Waals surface area (Å²) in [4.78, 5) is 17.1. The molecule has 0 bridgehead atoms. The first-order valence-corrected chi connectivity index (χ1v) is 10.2. The molecule has 4 rings (SSSR count). The number of fused-ring (bicyclic) bond motifs is 1. The molecule has 0 saturated heterocycles. The van der Waals surface area contributed by atoms with E-state index in [1.807, 2.05) is 42.8 Å². The van der Waals surface area contributed by atoms with E-state index in [0.717, 1.165) is 28.3 Å². The first-order valence-electron chi connectivity index (χ1n) is 8.40. The van der Waals surface area contributed by atoms with Crippen molar-refractivity contribution >= 4 is 34.3 Å². The highest BCUT2D eigenvalue weighted by Crippen LogP contribution is 2.38. The maximum Gasteiger partial charge on any atom is 0.275 e. The molecule has 7 heteroatoms. The van der Waals surface area contributed by atoms with Gasteiger partial charge in [0, 0.05) is 34.4 Å². The number of nitrogens with zero attached hydrogens (tertiary/aromatic N) is 1. The largest absolute Gasteiger partial charge is 0.492 e. The Kier molecular flexibility index (Phi) is 4.65. The maximum atomic E-state index is 12.7. The van der Waals surface area contributed by atoms with E-state index in [4.69, 9.17) is 9.47 Å². The highest BCUT2D eigenvalue weighted by molar-refractivity contribution is 7.14. The Hall–Kier alpha value is -2.38. The van der Waals surface area contributed by atoms with Gasteiger partial charge in [0.05, 0.1) is 12.3 Å². The zero-order chi connectivity index (χ0) is 18.1. The molecule has 1 atom stereocenters. The summed E-state index contributed by atoms with van der Waals surface area (Å²) in [6.45, 7) is 4.47. The second-order valence-electron chi connectivity index (χ2n) is 6.03. The lowest BCUT2D eigenvalue weighted by Gasteiger charge is -2.13. The number of aromatic nitrogens is 1. The molecular formula is C19H18N2O3S2. The zero-order valence-corrected chi connectivity index (χ0v) is 16.1. The number of anilines is 1. The Morgan fingerprint density at radius 1 is 1.42 bits per heavy atom. The molecule has 3 aromatic rings. The average molecular weight is 386 g/mol. The molecule has 1 N–H and O–H groups in total. The van der Waals surface area contributed by atoms with Gasteiger partial charge in [-0.3, -0.25) is 4.79 Å². The molecule has 1 amide bonds. The molecule has 0 aliphatic carbocycles. The summed E-state index contributed by atoms with van der Waals surface area (Å²) in [5.41, 5.74) is 3.14. The van der Waals surface area contributed by atoms with Crippen LogP contribution in [0.5, 0.6) is 11.5 Å². The van der Waals surface area contributed by atoms with Crippen LogP contribution in [-0.4, -0.2) is 23.6 Å². The van der Waals surface area contributed by atoms with Crippen molar-refractivity contribution in [3.8, 4) is 22.1 Å². The minimum atomic E-state index is -0.255. The van der Waals surface area contributed by atoms with Gasteiger partial charge in [-0.15, -0.1) is 11.3 Å². The van der Waals surface area contributed by atoms with Crippen molar-refractivity contribution in [2.24, 2.45) is 0 Å². The summed E-state index contributed by atoms with van der Waals surface area (Å²) < 4.78 is 11.5. The molecule has 3 heterocycles. The molecule has 1 aliphatic rings. The van der Waals surface area contributed by atoms with E-state index < -0.39 is 0 Å². The third kappa shape index (κ3) is 3.32. The van der Waals surface area contributed by atoms with Gasteiger partial charge in [0.1, 0.15) is 28.3 Å². The van der Waals surface area contributed by atoms with Crippen LogP contribution in [0.4, 0.5) is 5.69 Å². The molecule has 2 aromatic heterocycles. The number of ether oxygens (including phenoxy) is 2. The summed E-state index contributed by atoms with van der Waals surface area (Å²) >= 11 is 3.07. The fourth-order valence-corrected chi connectivity index (χ4v) is 4.41. The fourth-order valence-electron chi connectivity index (χ4n) is 2.90. The summed E-state index contributed by atoms with van der Waals surface area (Å²) in [7, 11) is 0. The number of thiophene rings is 1. The molecule has 0 saturated carbocycles. The van der Waals surface area contributed by atoms with Gasteiger partial charge in [-0.1, -0.05) is 0 Å². The Morgan fingerprint density at radius 3 is 3.08 bits per heavy atom. The van der Waals surface area contributed by atoms with Gasteiger partial charge in [0.15, 0.2) is 0 Å². The Morgan fingerprint density at radius 2 is 2.31 bits per heavy atom. The molecular weight excluding hydrogens is 368 g/mol. The van der Waals surface area contributed by atoms with E-state index in [9.17, 15) is 4.79 Å². The van der Waals surface area contributed by atoms with Crippen molar-refractivity contribution in [1.29, 1.82) is 0 Å². The lowest BCUT2D eigenvalue weighted by atomic mass is 10.1. The van der Waals surface area contributed by atoms with Crippen LogP contribution in [0.2, 0.25) is 0 Å². The molecule has 1 aromatic carbocycles. The summed E-state index contributed by atoms with van der Waals surface area (Å²) in [5, 5.41) is 9.55. The fraction of sp³-hybridized carbons (Fsp3) is 0.263. The Labute approximate surface area is 159 Å². The third-order valence-corrected chi connectivity index (χ3v) is 5.63. The van der Waals surface area contributed by atoms with Crippen LogP contribution in [-0.2, 0) is 6.42 Å². The van der Waals surface area contributed by atoms with E-state index in [-0.39, 0.29) is 12.0 Å². The lowest BCUT2D eigenvalue weighted by Crippen LogP contribution is -2.13. The van der Waals surface area contributed by atoms with Crippen LogP contribution in [0.25, 0.3) is 10.6 Å². The third-order valence-electron chi connectivity index (χ3n) is 4.05. The normalized spacial score (nSPS) is 15.4. The van der Waals surface area contributed by atoms with Crippen LogP contribution in [0.1, 0.15) is 29.9 Å². The number of hydrogen-bond acceptors (Lipinski definition) is 6. The van der Waals surface area contributed by atoms with Crippen molar-refractivity contribution in [2.75, 3.05) is 11.9 Å². The van der Waals surface area contributed by atoms with E-state index in [0.29, 0.717) is 23.7 Å².